The van der Waals surface area contributed by atoms with Crippen LogP contribution in [0, 0.1) is 81.6 Å². The molecule has 0 spiro atoms. The number of amides is 4. The molecule has 14 N–H and O–H groups in total. The number of rotatable bonds is 36. The number of benzene rings is 6. The highest BCUT2D eigenvalue weighted by Gasteiger charge is 2.32. The normalized spacial score (nSPS) is 11.7. The van der Waals surface area contributed by atoms with Crippen molar-refractivity contribution in [3.63, 3.8) is 0 Å². The Bertz CT molecular complexity index is 5950. The van der Waals surface area contributed by atoms with E-state index in [9.17, 15) is 82.3 Å². The van der Waals surface area contributed by atoms with Crippen molar-refractivity contribution in [1.29, 1.82) is 16.2 Å². The van der Waals surface area contributed by atoms with Crippen LogP contribution in [0.5, 0.6) is 5.75 Å². The molecule has 2 fully saturated rings. The molecule has 43 heteroatoms. The van der Waals surface area contributed by atoms with Crippen molar-refractivity contribution in [2.45, 2.75) is 142 Å². The largest absolute Gasteiger partial charge is 0.516 e. The molecule has 41 nitrogen and oxygen atoms in total. The number of halogens is 2. The maximum absolute atomic E-state index is 14.1. The van der Waals surface area contributed by atoms with Gasteiger partial charge in [0.15, 0.2) is 17.2 Å². The number of ether oxygens (including phenoxy) is 11. The van der Waals surface area contributed by atoms with Gasteiger partial charge in [-0.2, -0.15) is 0 Å². The standard InChI is InChI=1S/C41H46N4O10.C27H30N2O7.C13H17N3O4.C12H13NO7.C7H9N3.2ClH/c1-8-28-19-32(34(46)18-26-11-13-29(14-12-26)36(42)45-41(51)53-21-52-38(48)22(2)3)31(17-24(28)6)30-15-16-33(37(47)43-20-27-9-10-27)44-35(30)40(50)55-25(7)54-39(49)23(4)5;1-6-18-12-21(25(31)32)20(11-15(18)4)19-9-10-22(24(30)28-13-17-7-8-17)29-23(19)27(34)36-16(5)35-26(33)14(2)3;1-8(2)12(17)19-7-20-13(18)16-11(15)9-3-5-10(14)6-4-9;1-8(2)11(14)18-7-19-12(15)20-10-5-3-9(4-6-10)13(16)17;8-6-3-1-5(2-4-6)7(9)10;;/h8,11-17,19,22-23,25,27H,1,9-10,18,20-21H2,2-7H3,(H,43,47)(H2,42,45,51);6,9-12,14,16-17H,1,7-8,13H2,2-5H3,(H,28,30)(H,31,32);3-6,8H,7,14H2,1-2H3,(H2,15,16,18);3-6,8H,7H2,1-2H3;1-4H,8H2,(H3,9,10);2*1H. The lowest BCUT2D eigenvalue weighted by atomic mass is 9.89. The second-order valence-electron chi connectivity index (χ2n) is 33.1. The molecule has 10 rings (SSSR count). The van der Waals surface area contributed by atoms with E-state index >= 15 is 0 Å². The number of nitrogens with one attached hydrogen (secondary N) is 7. The second-order valence-corrected chi connectivity index (χ2v) is 33.1. The predicted molar refractivity (Wildman–Crippen MR) is 530 cm³/mol. The molecule has 2 atom stereocenters. The van der Waals surface area contributed by atoms with Crippen molar-refractivity contribution in [3.05, 3.63) is 247 Å². The van der Waals surface area contributed by atoms with Crippen LogP contribution in [0.25, 0.3) is 34.4 Å². The molecule has 0 saturated heterocycles. The number of amidine groups is 3. The van der Waals surface area contributed by atoms with E-state index in [1.54, 1.807) is 173 Å². The molecule has 2 unspecified atom stereocenters. The quantitative estimate of drug-likeness (QED) is 0.00166. The number of pyridine rings is 2. The number of nitro benzene ring substituents is 1. The zero-order valence-electron chi connectivity index (χ0n) is 81.1. The first kappa shape index (κ1) is 119. The van der Waals surface area contributed by atoms with Crippen LogP contribution >= 0.6 is 24.8 Å². The highest BCUT2D eigenvalue weighted by molar-refractivity contribution is 6.09. The molecule has 2 aromatic heterocycles. The molecule has 2 saturated carbocycles. The number of hydrogen-bond acceptors (Lipinski definition) is 34. The van der Waals surface area contributed by atoms with Crippen LogP contribution in [0.15, 0.2) is 159 Å². The summed E-state index contributed by atoms with van der Waals surface area (Å²) in [6.45, 7) is 29.7. The Morgan fingerprint density at radius 3 is 1.17 bits per heavy atom. The van der Waals surface area contributed by atoms with Crippen LogP contribution in [0.4, 0.5) is 31.4 Å². The number of esters is 7. The number of hydrogen-bond donors (Lipinski definition) is 11. The Hall–Kier alpha value is -16.3. The van der Waals surface area contributed by atoms with Crippen molar-refractivity contribution >= 4 is 155 Å². The number of nitrogen functional groups attached to an aromatic ring is 3. The van der Waals surface area contributed by atoms with Crippen molar-refractivity contribution in [1.82, 2.24) is 31.2 Å². The number of aromatic carboxylic acids is 1. The number of nitrogens with two attached hydrogens (primary N) is 3. The van der Waals surface area contributed by atoms with E-state index in [4.69, 9.17) is 66.6 Å². The van der Waals surface area contributed by atoms with Gasteiger partial charge >= 0.3 is 66.1 Å². The number of aromatic nitrogens is 2. The molecule has 2 aliphatic carbocycles. The fourth-order valence-electron chi connectivity index (χ4n) is 11.5. The molecule has 4 amide bonds. The van der Waals surface area contributed by atoms with Gasteiger partial charge in [0.25, 0.3) is 17.5 Å². The van der Waals surface area contributed by atoms with Gasteiger partial charge in [0.05, 0.1) is 40.1 Å². The molecule has 8 aromatic rings. The third-order valence-corrected chi connectivity index (χ3v) is 19.9. The first-order chi connectivity index (χ1) is 66.6. The summed E-state index contributed by atoms with van der Waals surface area (Å²) in [5.74, 6) is -8.38. The van der Waals surface area contributed by atoms with Crippen LogP contribution in [-0.4, -0.2) is 167 Å². The van der Waals surface area contributed by atoms with Crippen molar-refractivity contribution < 1.29 is 129 Å². The van der Waals surface area contributed by atoms with Gasteiger partial charge in [-0.15, -0.1) is 24.8 Å². The maximum Gasteiger partial charge on any atom is 0.516 e. The Morgan fingerprint density at radius 2 is 0.825 bits per heavy atom. The summed E-state index contributed by atoms with van der Waals surface area (Å²) in [5.41, 5.74) is 22.7. The summed E-state index contributed by atoms with van der Waals surface area (Å²) in [6.07, 6.45) is 1.78. The maximum atomic E-state index is 14.1. The number of carboxylic acid groups (broad SMARTS) is 1. The number of nitro groups is 1. The van der Waals surface area contributed by atoms with Crippen molar-refractivity contribution in [2.75, 3.05) is 44.9 Å². The van der Waals surface area contributed by atoms with Crippen LogP contribution in [0.2, 0.25) is 0 Å². The average Bonchev–Trinajstić information content (AvgIpc) is 1.27. The van der Waals surface area contributed by atoms with E-state index in [0.29, 0.717) is 75.2 Å². The zero-order valence-corrected chi connectivity index (χ0v) is 82.7. The molecular formula is C100H117Cl2N13O28. The number of Topliss-reactive ketones (excluding diaryl/α,β-unsaturated/α-hetero) is 1. The van der Waals surface area contributed by atoms with E-state index in [0.717, 1.165) is 36.8 Å². The number of carbonyl (C=O) groups excluding carboxylic acids is 13. The predicted octanol–water partition coefficient (Wildman–Crippen LogP) is 15.6. The summed E-state index contributed by atoms with van der Waals surface area (Å²) in [6, 6.07) is 36.9. The average molecular weight is 2020 g/mol. The van der Waals surface area contributed by atoms with E-state index in [1.165, 1.54) is 74.5 Å². The number of carboxylic acids is 1. The lowest BCUT2D eigenvalue weighted by Crippen LogP contribution is -2.32. The van der Waals surface area contributed by atoms with Crippen LogP contribution in [0.3, 0.4) is 0 Å². The Labute approximate surface area is 836 Å². The van der Waals surface area contributed by atoms with E-state index < -0.39 is 134 Å². The first-order valence-corrected chi connectivity index (χ1v) is 44.1. The number of ketones is 1. The minimum atomic E-state index is -1.27. The molecule has 6 aromatic carbocycles. The fourth-order valence-corrected chi connectivity index (χ4v) is 11.5. The molecule has 2 heterocycles. The topological polar surface area (TPSA) is 627 Å². The third-order valence-electron chi connectivity index (χ3n) is 19.9. The fraction of sp³-hybridized carbons (Fsp3) is 0.330. The second kappa shape index (κ2) is 57.9. The molecule has 143 heavy (non-hydrogen) atoms. The van der Waals surface area contributed by atoms with Crippen LogP contribution < -0.4 is 43.2 Å². The molecule has 0 aliphatic heterocycles. The summed E-state index contributed by atoms with van der Waals surface area (Å²) in [7, 11) is 0. The number of aryl methyl sites for hydroxylation is 2. The number of carbonyl (C=O) groups is 14. The third kappa shape index (κ3) is 39.8. The molecule has 0 radical (unpaired) electrons. The molecule has 2 aliphatic rings. The number of anilines is 2. The van der Waals surface area contributed by atoms with Crippen LogP contribution in [0.1, 0.15) is 216 Å². The van der Waals surface area contributed by atoms with Crippen molar-refractivity contribution in [2.24, 2.45) is 47.2 Å². The lowest BCUT2D eigenvalue weighted by Gasteiger charge is -2.18. The van der Waals surface area contributed by atoms with Gasteiger partial charge in [0.1, 0.15) is 34.6 Å². The Morgan fingerprint density at radius 1 is 0.469 bits per heavy atom. The molecule has 764 valence electrons. The van der Waals surface area contributed by atoms with Gasteiger partial charge in [0, 0.05) is 90.2 Å². The Balaban J connectivity index is 0.000000413. The van der Waals surface area contributed by atoms with Gasteiger partial charge < -0.3 is 85.0 Å². The van der Waals surface area contributed by atoms with Crippen LogP contribution in [-0.2, 0) is 77.8 Å². The Kier molecular flexibility index (Phi) is 48.2. The number of alkyl carbamates (subject to hydrolysis) is 2. The van der Waals surface area contributed by atoms with Gasteiger partial charge in [-0.05, 0) is 193 Å². The number of nitrogens with zero attached hydrogens (tertiary/aromatic N) is 3. The van der Waals surface area contributed by atoms with E-state index in [-0.39, 0.29) is 128 Å². The van der Waals surface area contributed by atoms with Gasteiger partial charge in [-0.3, -0.25) is 75.3 Å². The van der Waals surface area contributed by atoms with Gasteiger partial charge in [-0.25, -0.2) is 38.7 Å². The molecule has 0 bridgehead atoms. The van der Waals surface area contributed by atoms with Crippen molar-refractivity contribution in [3.8, 4) is 28.0 Å². The zero-order chi connectivity index (χ0) is 105. The SMILES string of the molecule is C=Cc1cc(C(=O)Cc2ccc(C(=N)NC(=O)OCOC(=O)C(C)C)cc2)c(-c2ccc(C(=O)NCC3CC3)nc2C(=O)OC(C)OC(=O)C(C)C)cc1C.C=Cc1cc(C(=O)O)c(-c2ccc(C(=O)NCC3CC3)nc2C(=O)OC(C)OC(=O)C(C)C)cc1C.CC(C)C(=O)OCOC(=O)NC(=N)c1ccc(N)cc1.CC(C)C(=O)OCOC(=O)Oc1ccc([N+](=O)[O-])cc1.Cl.Cl.N=C(N)c1ccc(N)cc1. The minimum absolute atomic E-state index is 0. The minimum Gasteiger partial charge on any atom is -0.478 e. The summed E-state index contributed by atoms with van der Waals surface area (Å²) < 4.78 is 53.9. The summed E-state index contributed by atoms with van der Waals surface area (Å²) in [4.78, 5) is 190. The summed E-state index contributed by atoms with van der Waals surface area (Å²) in [5, 5.41) is 53.3. The molecular weight excluding hydrogens is 1900 g/mol. The number of non-ortho nitro benzene ring substituents is 1. The van der Waals surface area contributed by atoms with E-state index in [1.807, 2.05) is 6.92 Å². The monoisotopic (exact) mass is 2020 g/mol. The highest BCUT2D eigenvalue weighted by Crippen LogP contribution is 2.35. The van der Waals surface area contributed by atoms with E-state index in [2.05, 4.69) is 63.3 Å². The summed E-state index contributed by atoms with van der Waals surface area (Å²) >= 11 is 0. The first-order valence-electron chi connectivity index (χ1n) is 44.1. The lowest BCUT2D eigenvalue weighted by molar-refractivity contribution is -0.384. The van der Waals surface area contributed by atoms with Gasteiger partial charge in [-0.1, -0.05) is 125 Å². The highest BCUT2D eigenvalue weighted by atomic mass is 35.5. The smallest absolute Gasteiger partial charge is 0.478 e. The van der Waals surface area contributed by atoms with Gasteiger partial charge in [0.2, 0.25) is 33.0 Å².